The van der Waals surface area contributed by atoms with Crippen molar-refractivity contribution >= 4 is 5.91 Å². The minimum absolute atomic E-state index is 0.155. The van der Waals surface area contributed by atoms with E-state index in [1.54, 1.807) is 4.90 Å². The molecule has 2 rings (SSSR count). The quantitative estimate of drug-likeness (QED) is 0.795. The predicted molar refractivity (Wildman–Crippen MR) is 73.1 cm³/mol. The number of aliphatic hydroxyl groups excluding tert-OH is 1. The molecule has 0 aromatic heterocycles. The monoisotopic (exact) mass is 306 g/mol. The molecule has 0 aromatic rings. The zero-order valence-corrected chi connectivity index (χ0v) is 12.2. The van der Waals surface area contributed by atoms with Crippen molar-refractivity contribution in [2.24, 2.45) is 0 Å². The van der Waals surface area contributed by atoms with E-state index in [0.29, 0.717) is 52.0 Å². The molecule has 0 saturated carbocycles. The van der Waals surface area contributed by atoms with Gasteiger partial charge in [0.1, 0.15) is 6.61 Å². The number of hydrogen-bond donors (Lipinski definition) is 2. The smallest absolute Gasteiger partial charge is 0.250 e. The lowest BCUT2D eigenvalue weighted by Crippen LogP contribution is -2.48. The highest BCUT2D eigenvalue weighted by molar-refractivity contribution is 5.77. The van der Waals surface area contributed by atoms with Crippen molar-refractivity contribution < 1.29 is 23.8 Å². The second-order valence-electron chi connectivity index (χ2n) is 6.25. The van der Waals surface area contributed by atoms with Crippen LogP contribution in [0.25, 0.3) is 0 Å². The third-order valence-electron chi connectivity index (χ3n) is 4.51. The zero-order valence-electron chi connectivity index (χ0n) is 12.2. The number of alkyl halides is 2. The van der Waals surface area contributed by atoms with Crippen molar-refractivity contribution in [2.45, 2.75) is 43.6 Å². The van der Waals surface area contributed by atoms with Crippen LogP contribution in [0.5, 0.6) is 0 Å². The van der Waals surface area contributed by atoms with Crippen molar-refractivity contribution in [1.82, 2.24) is 9.80 Å². The van der Waals surface area contributed by atoms with Crippen molar-refractivity contribution in [3.8, 4) is 0 Å². The van der Waals surface area contributed by atoms with Crippen LogP contribution in [0.2, 0.25) is 0 Å². The zero-order chi connectivity index (χ0) is 15.5. The Morgan fingerprint density at radius 2 is 1.71 bits per heavy atom. The first-order valence-corrected chi connectivity index (χ1v) is 7.55. The summed E-state index contributed by atoms with van der Waals surface area (Å²) < 4.78 is 26.3. The van der Waals surface area contributed by atoms with Gasteiger partial charge in [0.05, 0.1) is 5.60 Å². The second kappa shape index (κ2) is 6.54. The van der Waals surface area contributed by atoms with Gasteiger partial charge < -0.3 is 20.0 Å². The number of halogens is 2. The van der Waals surface area contributed by atoms with Crippen molar-refractivity contribution in [2.75, 3.05) is 39.3 Å². The normalized spacial score (nSPS) is 31.0. The van der Waals surface area contributed by atoms with Crippen LogP contribution in [0.3, 0.4) is 0 Å². The summed E-state index contributed by atoms with van der Waals surface area (Å²) in [5, 5.41) is 19.6. The molecule has 122 valence electrons. The van der Waals surface area contributed by atoms with E-state index in [1.807, 2.05) is 4.90 Å². The molecule has 2 saturated heterocycles. The van der Waals surface area contributed by atoms with Crippen molar-refractivity contribution in [1.29, 1.82) is 0 Å². The molecule has 2 N–H and O–H groups in total. The number of aliphatic hydroxyl groups is 2. The Hall–Kier alpha value is -0.790. The van der Waals surface area contributed by atoms with Gasteiger partial charge in [0, 0.05) is 45.6 Å². The number of nitrogens with zero attached hydrogens (tertiary/aromatic N) is 2. The number of carbonyl (C=O) groups is 1. The van der Waals surface area contributed by atoms with E-state index >= 15 is 0 Å². The van der Waals surface area contributed by atoms with Gasteiger partial charge in [-0.25, -0.2) is 8.78 Å². The SMILES string of the molecule is O=C(CO)N1CCC[C@](O)(CN2CCC(F)(F)CC2)CC1. The second-order valence-corrected chi connectivity index (χ2v) is 6.25. The van der Waals surface area contributed by atoms with Crippen LogP contribution in [0, 0.1) is 0 Å². The molecular formula is C14H24F2N2O3. The van der Waals surface area contributed by atoms with Gasteiger partial charge in [-0.2, -0.15) is 0 Å². The van der Waals surface area contributed by atoms with E-state index in [4.69, 9.17) is 5.11 Å². The molecule has 1 atom stereocenters. The molecule has 5 nitrogen and oxygen atoms in total. The maximum Gasteiger partial charge on any atom is 0.250 e. The summed E-state index contributed by atoms with van der Waals surface area (Å²) in [5.41, 5.74) is -0.933. The molecule has 0 bridgehead atoms. The first kappa shape index (κ1) is 16.6. The van der Waals surface area contributed by atoms with Crippen molar-refractivity contribution in [3.63, 3.8) is 0 Å². The van der Waals surface area contributed by atoms with Crippen LogP contribution in [-0.4, -0.2) is 76.8 Å². The number of likely N-dealkylation sites (tertiary alicyclic amines) is 2. The fourth-order valence-corrected chi connectivity index (χ4v) is 3.14. The Morgan fingerprint density at radius 3 is 2.33 bits per heavy atom. The Balaban J connectivity index is 1.86. The third kappa shape index (κ3) is 4.59. The highest BCUT2D eigenvalue weighted by Gasteiger charge is 2.38. The lowest BCUT2D eigenvalue weighted by Gasteiger charge is -2.37. The number of hydrogen-bond acceptors (Lipinski definition) is 4. The van der Waals surface area contributed by atoms with E-state index in [2.05, 4.69) is 0 Å². The minimum Gasteiger partial charge on any atom is -0.388 e. The number of carbonyl (C=O) groups excluding carboxylic acids is 1. The Labute approximate surface area is 123 Å². The third-order valence-corrected chi connectivity index (χ3v) is 4.51. The average molecular weight is 306 g/mol. The van der Waals surface area contributed by atoms with E-state index in [0.717, 1.165) is 0 Å². The number of piperidine rings is 1. The standard InChI is InChI=1S/C14H24F2N2O3/c15-14(16)4-7-17(8-5-14)11-13(21)2-1-6-18(9-3-13)12(20)10-19/h19,21H,1-11H2/t13-/m1/s1. The molecule has 2 heterocycles. The van der Waals surface area contributed by atoms with Crippen LogP contribution in [0.4, 0.5) is 8.78 Å². The van der Waals surface area contributed by atoms with Gasteiger partial charge in [-0.05, 0) is 19.3 Å². The van der Waals surface area contributed by atoms with Gasteiger partial charge in [0.2, 0.25) is 5.91 Å². The summed E-state index contributed by atoms with van der Waals surface area (Å²) in [4.78, 5) is 14.9. The first-order chi connectivity index (χ1) is 9.84. The summed E-state index contributed by atoms with van der Waals surface area (Å²) in [5.74, 6) is -2.90. The Bertz CT molecular complexity index is 371. The Morgan fingerprint density at radius 1 is 1.05 bits per heavy atom. The topological polar surface area (TPSA) is 64.0 Å². The molecule has 2 fully saturated rings. The van der Waals surface area contributed by atoms with E-state index in [9.17, 15) is 18.7 Å². The fourth-order valence-electron chi connectivity index (χ4n) is 3.14. The van der Waals surface area contributed by atoms with Crippen LogP contribution in [-0.2, 0) is 4.79 Å². The summed E-state index contributed by atoms with van der Waals surface area (Å²) in [6.07, 6.45) is 1.32. The maximum atomic E-state index is 13.1. The summed E-state index contributed by atoms with van der Waals surface area (Å²) in [6.45, 7) is 1.40. The molecule has 2 aliphatic rings. The average Bonchev–Trinajstić information content (AvgIpc) is 2.63. The highest BCUT2D eigenvalue weighted by atomic mass is 19.3. The maximum absolute atomic E-state index is 13.1. The van der Waals surface area contributed by atoms with Crippen molar-refractivity contribution in [3.05, 3.63) is 0 Å². The largest absolute Gasteiger partial charge is 0.388 e. The highest BCUT2D eigenvalue weighted by Crippen LogP contribution is 2.30. The molecule has 0 radical (unpaired) electrons. The molecule has 0 unspecified atom stereocenters. The lowest BCUT2D eigenvalue weighted by molar-refractivity contribution is -0.134. The van der Waals surface area contributed by atoms with Crippen LogP contribution >= 0.6 is 0 Å². The number of rotatable bonds is 3. The minimum atomic E-state index is -2.58. The van der Waals surface area contributed by atoms with Gasteiger partial charge in [-0.1, -0.05) is 0 Å². The molecular weight excluding hydrogens is 282 g/mol. The van der Waals surface area contributed by atoms with Gasteiger partial charge >= 0.3 is 0 Å². The van der Waals surface area contributed by atoms with Crippen LogP contribution in [0.15, 0.2) is 0 Å². The summed E-state index contributed by atoms with van der Waals surface area (Å²) in [7, 11) is 0. The van der Waals surface area contributed by atoms with E-state index < -0.39 is 18.1 Å². The summed E-state index contributed by atoms with van der Waals surface area (Å²) in [6, 6.07) is 0. The molecule has 21 heavy (non-hydrogen) atoms. The molecule has 2 aliphatic heterocycles. The lowest BCUT2D eigenvalue weighted by atomic mass is 9.93. The van der Waals surface area contributed by atoms with Crippen LogP contribution in [0.1, 0.15) is 32.1 Å². The molecule has 0 aliphatic carbocycles. The van der Waals surface area contributed by atoms with E-state index in [-0.39, 0.29) is 18.7 Å². The number of β-amino-alcohol motifs (C(OH)–C–C–N with tert-alkyl or cyclic N) is 1. The van der Waals surface area contributed by atoms with Gasteiger partial charge in [-0.15, -0.1) is 0 Å². The van der Waals surface area contributed by atoms with Gasteiger partial charge in [0.15, 0.2) is 0 Å². The van der Waals surface area contributed by atoms with Crippen LogP contribution < -0.4 is 0 Å². The first-order valence-electron chi connectivity index (χ1n) is 7.55. The fraction of sp³-hybridized carbons (Fsp3) is 0.929. The molecule has 0 spiro atoms. The van der Waals surface area contributed by atoms with Gasteiger partial charge in [0.25, 0.3) is 5.92 Å². The Kier molecular flexibility index (Phi) is 5.16. The van der Waals surface area contributed by atoms with E-state index in [1.165, 1.54) is 0 Å². The molecule has 0 aromatic carbocycles. The van der Waals surface area contributed by atoms with Gasteiger partial charge in [-0.3, -0.25) is 4.79 Å². The summed E-state index contributed by atoms with van der Waals surface area (Å²) >= 11 is 0. The number of amides is 1. The molecule has 7 heteroatoms. The predicted octanol–water partition coefficient (Wildman–Crippen LogP) is 0.453. The molecule has 1 amide bonds.